The zero-order valence-corrected chi connectivity index (χ0v) is 8.72. The molecule has 1 fully saturated rings. The van der Waals surface area contributed by atoms with Crippen LogP contribution in [0.4, 0.5) is 13.2 Å². The molecule has 15 heavy (non-hydrogen) atoms. The first-order chi connectivity index (χ1) is 7.02. The van der Waals surface area contributed by atoms with E-state index in [0.29, 0.717) is 12.5 Å². The number of hydrogen-bond donors (Lipinski definition) is 0. The molecule has 1 atom stereocenters. The molecule has 0 aromatic carbocycles. The first-order valence-electron chi connectivity index (χ1n) is 5.43. The lowest BCUT2D eigenvalue weighted by Gasteiger charge is -2.22. The molecule has 1 aliphatic carbocycles. The third kappa shape index (κ3) is 2.26. The predicted octanol–water partition coefficient (Wildman–Crippen LogP) is 2.80. The average Bonchev–Trinajstić information content (AvgIpc) is 2.87. The minimum absolute atomic E-state index is 0.0153. The van der Waals surface area contributed by atoms with E-state index in [-0.39, 0.29) is 12.5 Å². The van der Waals surface area contributed by atoms with Gasteiger partial charge in [-0.05, 0) is 25.2 Å². The Hall–Kier alpha value is -0.740. The Morgan fingerprint density at radius 3 is 2.53 bits per heavy atom. The van der Waals surface area contributed by atoms with Crippen molar-refractivity contribution in [3.63, 3.8) is 0 Å². The third-order valence-electron chi connectivity index (χ3n) is 2.98. The van der Waals surface area contributed by atoms with Crippen LogP contribution in [-0.2, 0) is 0 Å². The molecule has 1 heterocycles. The van der Waals surface area contributed by atoms with E-state index < -0.39 is 11.9 Å². The summed E-state index contributed by atoms with van der Waals surface area (Å²) in [6.07, 6.45) is -1.18. The van der Waals surface area contributed by atoms with Gasteiger partial charge in [0.05, 0.1) is 6.04 Å². The highest BCUT2D eigenvalue weighted by Crippen LogP contribution is 2.41. The van der Waals surface area contributed by atoms with Crippen molar-refractivity contribution in [3.8, 4) is 0 Å². The molecule has 0 N–H and O–H groups in total. The van der Waals surface area contributed by atoms with E-state index >= 15 is 0 Å². The third-order valence-corrected chi connectivity index (χ3v) is 2.98. The molecular weight excluding hydrogens is 205 g/mol. The Labute approximate surface area is 87.1 Å². The van der Waals surface area contributed by atoms with Crippen molar-refractivity contribution in [2.24, 2.45) is 11.0 Å². The zero-order chi connectivity index (χ0) is 11.1. The molecule has 2 rings (SSSR count). The molecule has 2 aliphatic rings. The molecule has 0 spiro atoms. The maximum absolute atomic E-state index is 12.5. The molecule has 0 aromatic heterocycles. The van der Waals surface area contributed by atoms with E-state index in [1.807, 2.05) is 6.92 Å². The van der Waals surface area contributed by atoms with Crippen LogP contribution < -0.4 is 0 Å². The van der Waals surface area contributed by atoms with Crippen molar-refractivity contribution in [1.29, 1.82) is 0 Å². The number of halogens is 3. The summed E-state index contributed by atoms with van der Waals surface area (Å²) in [7, 11) is 0. The Bertz CT molecular complexity index is 268. The first-order valence-corrected chi connectivity index (χ1v) is 5.43. The van der Waals surface area contributed by atoms with E-state index in [1.54, 1.807) is 5.01 Å². The van der Waals surface area contributed by atoms with Crippen LogP contribution in [0.5, 0.6) is 0 Å². The highest BCUT2D eigenvalue weighted by atomic mass is 19.4. The van der Waals surface area contributed by atoms with Crippen molar-refractivity contribution in [2.75, 3.05) is 6.54 Å². The molecule has 1 unspecified atom stereocenters. The predicted molar refractivity (Wildman–Crippen MR) is 51.6 cm³/mol. The zero-order valence-electron chi connectivity index (χ0n) is 8.72. The molecule has 86 valence electrons. The Morgan fingerprint density at radius 2 is 2.07 bits per heavy atom. The maximum atomic E-state index is 12.5. The summed E-state index contributed by atoms with van der Waals surface area (Å²) in [5.74, 6) is 0.445. The van der Waals surface area contributed by atoms with Crippen LogP contribution in [-0.4, -0.2) is 29.5 Å². The summed E-state index contributed by atoms with van der Waals surface area (Å²) in [4.78, 5) is 0. The van der Waals surface area contributed by atoms with Crippen LogP contribution in [0.25, 0.3) is 0 Å². The molecular formula is C10H15F3N2. The largest absolute Gasteiger partial charge is 0.431 e. The summed E-state index contributed by atoms with van der Waals surface area (Å²) < 4.78 is 37.4. The summed E-state index contributed by atoms with van der Waals surface area (Å²) in [5, 5.41) is 5.37. The lowest BCUT2D eigenvalue weighted by Crippen LogP contribution is -2.29. The number of rotatable bonds is 3. The van der Waals surface area contributed by atoms with Gasteiger partial charge in [0.1, 0.15) is 5.71 Å². The molecule has 0 aromatic rings. The van der Waals surface area contributed by atoms with Gasteiger partial charge in [-0.2, -0.15) is 18.3 Å². The van der Waals surface area contributed by atoms with Gasteiger partial charge >= 0.3 is 6.18 Å². The molecule has 0 saturated heterocycles. The number of nitrogens with zero attached hydrogens (tertiary/aromatic N) is 2. The fourth-order valence-corrected chi connectivity index (χ4v) is 2.08. The van der Waals surface area contributed by atoms with Gasteiger partial charge in [-0.1, -0.05) is 6.92 Å². The maximum Gasteiger partial charge on any atom is 0.431 e. The molecule has 2 nitrogen and oxygen atoms in total. The average molecular weight is 220 g/mol. The highest BCUT2D eigenvalue weighted by Gasteiger charge is 2.46. The first kappa shape index (κ1) is 10.8. The molecule has 1 saturated carbocycles. The Kier molecular flexibility index (Phi) is 2.64. The summed E-state index contributed by atoms with van der Waals surface area (Å²) >= 11 is 0. The SMILES string of the molecule is CCCN1N=C(C(F)(F)F)CC1C1CC1. The van der Waals surface area contributed by atoms with Gasteiger partial charge in [-0.3, -0.25) is 5.01 Å². The van der Waals surface area contributed by atoms with E-state index in [0.717, 1.165) is 19.3 Å². The van der Waals surface area contributed by atoms with Crippen LogP contribution in [0.1, 0.15) is 32.6 Å². The van der Waals surface area contributed by atoms with Gasteiger partial charge in [0.25, 0.3) is 0 Å². The second-order valence-corrected chi connectivity index (χ2v) is 4.32. The lowest BCUT2D eigenvalue weighted by molar-refractivity contribution is -0.0601. The van der Waals surface area contributed by atoms with Crippen LogP contribution in [0.3, 0.4) is 0 Å². The van der Waals surface area contributed by atoms with Crippen molar-refractivity contribution >= 4 is 5.71 Å². The number of hydrogen-bond acceptors (Lipinski definition) is 2. The van der Waals surface area contributed by atoms with Gasteiger partial charge < -0.3 is 0 Å². The minimum atomic E-state index is -4.24. The fraction of sp³-hybridized carbons (Fsp3) is 0.900. The number of alkyl halides is 3. The number of hydrazone groups is 1. The minimum Gasteiger partial charge on any atom is -0.293 e. The molecule has 0 bridgehead atoms. The van der Waals surface area contributed by atoms with Crippen molar-refractivity contribution in [2.45, 2.75) is 44.8 Å². The van der Waals surface area contributed by atoms with E-state index in [4.69, 9.17) is 0 Å². The molecule has 0 radical (unpaired) electrons. The van der Waals surface area contributed by atoms with Gasteiger partial charge in [-0.25, -0.2) is 0 Å². The van der Waals surface area contributed by atoms with Crippen LogP contribution in [0.15, 0.2) is 5.10 Å². The summed E-state index contributed by atoms with van der Waals surface area (Å²) in [5.41, 5.74) is -0.590. The van der Waals surface area contributed by atoms with Gasteiger partial charge in [-0.15, -0.1) is 0 Å². The van der Waals surface area contributed by atoms with Crippen molar-refractivity contribution in [1.82, 2.24) is 5.01 Å². The topological polar surface area (TPSA) is 15.6 Å². The van der Waals surface area contributed by atoms with Crippen molar-refractivity contribution in [3.05, 3.63) is 0 Å². The van der Waals surface area contributed by atoms with E-state index in [9.17, 15) is 13.2 Å². The lowest BCUT2D eigenvalue weighted by atomic mass is 10.1. The van der Waals surface area contributed by atoms with E-state index in [2.05, 4.69) is 5.10 Å². The molecule has 1 aliphatic heterocycles. The van der Waals surface area contributed by atoms with E-state index in [1.165, 1.54) is 0 Å². The van der Waals surface area contributed by atoms with Gasteiger partial charge in [0.2, 0.25) is 0 Å². The van der Waals surface area contributed by atoms with Gasteiger partial charge in [0.15, 0.2) is 0 Å². The van der Waals surface area contributed by atoms with Crippen LogP contribution in [0, 0.1) is 5.92 Å². The Morgan fingerprint density at radius 1 is 1.40 bits per heavy atom. The molecule has 5 heteroatoms. The standard InChI is InChI=1S/C10H15F3N2/c1-2-5-15-8(7-3-4-7)6-9(14-15)10(11,12)13/h7-8H,2-6H2,1H3. The highest BCUT2D eigenvalue weighted by molar-refractivity contribution is 5.91. The van der Waals surface area contributed by atoms with Crippen molar-refractivity contribution < 1.29 is 13.2 Å². The summed E-state index contributed by atoms with van der Waals surface area (Å²) in [6.45, 7) is 2.60. The normalized spacial score (nSPS) is 27.1. The fourth-order valence-electron chi connectivity index (χ4n) is 2.08. The monoisotopic (exact) mass is 220 g/mol. The van der Waals surface area contributed by atoms with Crippen LogP contribution in [0.2, 0.25) is 0 Å². The molecule has 0 amide bonds. The van der Waals surface area contributed by atoms with Gasteiger partial charge in [0, 0.05) is 13.0 Å². The quantitative estimate of drug-likeness (QED) is 0.714. The summed E-state index contributed by atoms with van der Waals surface area (Å²) in [6, 6.07) is 0.0153. The smallest absolute Gasteiger partial charge is 0.293 e. The second-order valence-electron chi connectivity index (χ2n) is 4.32. The van der Waals surface area contributed by atoms with Crippen LogP contribution >= 0.6 is 0 Å². The Balaban J connectivity index is 2.06. The second kappa shape index (κ2) is 3.68.